The molecule has 0 spiro atoms. The normalized spacial score (nSPS) is 14.2. The summed E-state index contributed by atoms with van der Waals surface area (Å²) in [7, 11) is 1.35. The van der Waals surface area contributed by atoms with Crippen molar-refractivity contribution in [2.45, 2.75) is 32.6 Å². The van der Waals surface area contributed by atoms with E-state index >= 15 is 0 Å². The number of likely N-dealkylation sites (tertiary alicyclic amines) is 1. The fourth-order valence-corrected chi connectivity index (χ4v) is 3.90. The van der Waals surface area contributed by atoms with Gasteiger partial charge in [0.15, 0.2) is 5.65 Å². The van der Waals surface area contributed by atoms with E-state index in [1.54, 1.807) is 24.4 Å². The lowest BCUT2D eigenvalue weighted by molar-refractivity contribution is 0.0600. The molecule has 1 amide bonds. The molecule has 0 aliphatic carbocycles. The average Bonchev–Trinajstić information content (AvgIpc) is 3.08. The Kier molecular flexibility index (Phi) is 6.11. The van der Waals surface area contributed by atoms with Crippen LogP contribution in [0.15, 0.2) is 42.6 Å². The minimum absolute atomic E-state index is 0.0384. The number of fused-ring (bicyclic) bond motifs is 1. The standard InChI is InChI=1S/C24H26N4O3/c1-16-10-11-19-21(27-18-9-7-8-17(14-18)24(30)31-2)20(15-25-22(19)26-16)23(29)28-12-5-3-4-6-13-28/h7-11,14-15H,3-6,12-13H2,1-2H3,(H,25,26,27). The van der Waals surface area contributed by atoms with Crippen molar-refractivity contribution in [3.63, 3.8) is 0 Å². The Morgan fingerprint density at radius 2 is 1.84 bits per heavy atom. The molecule has 0 radical (unpaired) electrons. The van der Waals surface area contributed by atoms with Crippen molar-refractivity contribution in [1.29, 1.82) is 0 Å². The number of pyridine rings is 2. The van der Waals surface area contributed by atoms with Crippen molar-refractivity contribution in [3.05, 3.63) is 59.4 Å². The van der Waals surface area contributed by atoms with Crippen LogP contribution in [0.4, 0.5) is 11.4 Å². The minimum Gasteiger partial charge on any atom is -0.465 e. The Labute approximate surface area is 181 Å². The number of amides is 1. The molecule has 2 aromatic heterocycles. The first-order valence-corrected chi connectivity index (χ1v) is 10.6. The number of ether oxygens (including phenoxy) is 1. The second-order valence-corrected chi connectivity index (χ2v) is 7.77. The molecule has 0 saturated carbocycles. The molecule has 0 atom stereocenters. The van der Waals surface area contributed by atoms with Crippen molar-refractivity contribution in [1.82, 2.24) is 14.9 Å². The fraction of sp³-hybridized carbons (Fsp3) is 0.333. The number of benzene rings is 1. The maximum Gasteiger partial charge on any atom is 0.337 e. The van der Waals surface area contributed by atoms with E-state index in [-0.39, 0.29) is 5.91 Å². The number of nitrogens with zero attached hydrogens (tertiary/aromatic N) is 3. The van der Waals surface area contributed by atoms with Crippen molar-refractivity contribution >= 4 is 34.3 Å². The number of methoxy groups -OCH3 is 1. The fourth-order valence-electron chi connectivity index (χ4n) is 3.90. The summed E-state index contributed by atoms with van der Waals surface area (Å²) in [6, 6.07) is 10.9. The third-order valence-corrected chi connectivity index (χ3v) is 5.55. The molecule has 1 aliphatic heterocycles. The molecular weight excluding hydrogens is 392 g/mol. The summed E-state index contributed by atoms with van der Waals surface area (Å²) in [5.41, 5.74) is 3.68. The van der Waals surface area contributed by atoms with Gasteiger partial charge in [0, 0.05) is 36.1 Å². The molecule has 1 saturated heterocycles. The Morgan fingerprint density at radius 3 is 2.58 bits per heavy atom. The Morgan fingerprint density at radius 1 is 1.06 bits per heavy atom. The van der Waals surface area contributed by atoms with Gasteiger partial charge in [0.2, 0.25) is 0 Å². The van der Waals surface area contributed by atoms with Crippen LogP contribution in [-0.4, -0.2) is 46.9 Å². The molecule has 0 bridgehead atoms. The van der Waals surface area contributed by atoms with Crippen LogP contribution in [0.25, 0.3) is 11.0 Å². The molecule has 7 nitrogen and oxygen atoms in total. The molecule has 0 unspecified atom stereocenters. The van der Waals surface area contributed by atoms with Crippen LogP contribution in [0, 0.1) is 6.92 Å². The number of carbonyl (C=O) groups excluding carboxylic acids is 2. The first-order chi connectivity index (χ1) is 15.1. The van der Waals surface area contributed by atoms with Gasteiger partial charge in [-0.2, -0.15) is 0 Å². The zero-order valence-electron chi connectivity index (χ0n) is 17.9. The van der Waals surface area contributed by atoms with Crippen LogP contribution in [0.2, 0.25) is 0 Å². The molecule has 160 valence electrons. The number of nitrogens with one attached hydrogen (secondary N) is 1. The highest BCUT2D eigenvalue weighted by atomic mass is 16.5. The van der Waals surface area contributed by atoms with Gasteiger partial charge in [-0.15, -0.1) is 0 Å². The highest BCUT2D eigenvalue weighted by Gasteiger charge is 2.23. The SMILES string of the molecule is COC(=O)c1cccc(Nc2c(C(=O)N3CCCCCC3)cnc3nc(C)ccc23)c1. The van der Waals surface area contributed by atoms with E-state index in [1.165, 1.54) is 7.11 Å². The van der Waals surface area contributed by atoms with Crippen LogP contribution < -0.4 is 5.32 Å². The summed E-state index contributed by atoms with van der Waals surface area (Å²) >= 11 is 0. The molecule has 1 aromatic carbocycles. The van der Waals surface area contributed by atoms with Gasteiger partial charge >= 0.3 is 5.97 Å². The summed E-state index contributed by atoms with van der Waals surface area (Å²) in [6.07, 6.45) is 5.92. The highest BCUT2D eigenvalue weighted by Crippen LogP contribution is 2.30. The monoisotopic (exact) mass is 418 g/mol. The first-order valence-electron chi connectivity index (χ1n) is 10.6. The number of hydrogen-bond donors (Lipinski definition) is 1. The third-order valence-electron chi connectivity index (χ3n) is 5.55. The van der Waals surface area contributed by atoms with Crippen LogP contribution in [-0.2, 0) is 4.74 Å². The number of carbonyl (C=O) groups is 2. The minimum atomic E-state index is -0.415. The molecule has 1 N–H and O–H groups in total. The van der Waals surface area contributed by atoms with Crippen LogP contribution >= 0.6 is 0 Å². The molecule has 1 aliphatic rings. The average molecular weight is 418 g/mol. The lowest BCUT2D eigenvalue weighted by Gasteiger charge is -2.22. The summed E-state index contributed by atoms with van der Waals surface area (Å²) in [6.45, 7) is 3.41. The number of aryl methyl sites for hydroxylation is 1. The van der Waals surface area contributed by atoms with Gasteiger partial charge < -0.3 is 15.0 Å². The maximum atomic E-state index is 13.4. The van der Waals surface area contributed by atoms with E-state index in [9.17, 15) is 9.59 Å². The molecular formula is C24H26N4O3. The van der Waals surface area contributed by atoms with E-state index in [0.717, 1.165) is 49.9 Å². The second kappa shape index (κ2) is 9.12. The van der Waals surface area contributed by atoms with E-state index < -0.39 is 5.97 Å². The zero-order chi connectivity index (χ0) is 21.8. The summed E-state index contributed by atoms with van der Waals surface area (Å²) in [5.74, 6) is -0.454. The smallest absolute Gasteiger partial charge is 0.337 e. The summed E-state index contributed by atoms with van der Waals surface area (Å²) in [4.78, 5) is 36.3. The topological polar surface area (TPSA) is 84.4 Å². The van der Waals surface area contributed by atoms with Gasteiger partial charge in [-0.25, -0.2) is 14.8 Å². The maximum absolute atomic E-state index is 13.4. The summed E-state index contributed by atoms with van der Waals surface area (Å²) in [5, 5.41) is 4.11. The predicted octanol–water partition coefficient (Wildman–Crippen LogP) is 4.48. The second-order valence-electron chi connectivity index (χ2n) is 7.77. The van der Waals surface area contributed by atoms with Gasteiger partial charge in [-0.3, -0.25) is 4.79 Å². The van der Waals surface area contributed by atoms with Gasteiger partial charge in [-0.05, 0) is 50.1 Å². The van der Waals surface area contributed by atoms with Crippen LogP contribution in [0.3, 0.4) is 0 Å². The number of anilines is 2. The number of aromatic nitrogens is 2. The van der Waals surface area contributed by atoms with Crippen molar-refractivity contribution < 1.29 is 14.3 Å². The largest absolute Gasteiger partial charge is 0.465 e. The van der Waals surface area contributed by atoms with Gasteiger partial charge in [-0.1, -0.05) is 18.9 Å². The molecule has 4 rings (SSSR count). The van der Waals surface area contributed by atoms with E-state index in [0.29, 0.717) is 28.1 Å². The Balaban J connectivity index is 1.78. The van der Waals surface area contributed by atoms with Crippen molar-refractivity contribution in [2.24, 2.45) is 0 Å². The Bertz CT molecular complexity index is 1120. The first kappa shape index (κ1) is 20.8. The van der Waals surface area contributed by atoms with Crippen LogP contribution in [0.5, 0.6) is 0 Å². The van der Waals surface area contributed by atoms with Crippen molar-refractivity contribution in [2.75, 3.05) is 25.5 Å². The van der Waals surface area contributed by atoms with E-state index in [2.05, 4.69) is 15.3 Å². The van der Waals surface area contributed by atoms with Crippen LogP contribution in [0.1, 0.15) is 52.1 Å². The third kappa shape index (κ3) is 4.50. The Hall–Kier alpha value is -3.48. The van der Waals surface area contributed by atoms with E-state index in [4.69, 9.17) is 4.74 Å². The predicted molar refractivity (Wildman–Crippen MR) is 120 cm³/mol. The summed E-state index contributed by atoms with van der Waals surface area (Å²) < 4.78 is 4.83. The lowest BCUT2D eigenvalue weighted by Crippen LogP contribution is -2.32. The highest BCUT2D eigenvalue weighted by molar-refractivity contribution is 6.07. The molecule has 7 heteroatoms. The number of hydrogen-bond acceptors (Lipinski definition) is 6. The van der Waals surface area contributed by atoms with Gasteiger partial charge in [0.25, 0.3) is 5.91 Å². The quantitative estimate of drug-likeness (QED) is 0.629. The molecule has 3 heterocycles. The van der Waals surface area contributed by atoms with Gasteiger partial charge in [0.1, 0.15) is 0 Å². The lowest BCUT2D eigenvalue weighted by atomic mass is 10.1. The number of esters is 1. The number of rotatable bonds is 4. The van der Waals surface area contributed by atoms with E-state index in [1.807, 2.05) is 30.0 Å². The van der Waals surface area contributed by atoms with Crippen molar-refractivity contribution in [3.8, 4) is 0 Å². The molecule has 31 heavy (non-hydrogen) atoms. The molecule has 3 aromatic rings. The van der Waals surface area contributed by atoms with Gasteiger partial charge in [0.05, 0.1) is 23.9 Å². The zero-order valence-corrected chi connectivity index (χ0v) is 17.9. The molecule has 1 fully saturated rings.